The monoisotopic (exact) mass is 485 g/mol. The topological polar surface area (TPSA) is 73.8 Å². The molecule has 1 N–H and O–H groups in total. The smallest absolute Gasteiger partial charge is 0.356 e. The number of halogens is 3. The van der Waals surface area contributed by atoms with Crippen molar-refractivity contribution in [3.63, 3.8) is 0 Å². The van der Waals surface area contributed by atoms with Crippen LogP contribution in [0.4, 0.5) is 19.1 Å². The molecule has 0 aliphatic heterocycles. The summed E-state index contributed by atoms with van der Waals surface area (Å²) in [4.78, 5) is 29.9. The third-order valence-electron chi connectivity index (χ3n) is 5.99. The molecule has 0 unspecified atom stereocenters. The van der Waals surface area contributed by atoms with Crippen LogP contribution in [-0.2, 0) is 33.2 Å². The second-order valence-electron chi connectivity index (χ2n) is 8.46. The van der Waals surface area contributed by atoms with Crippen molar-refractivity contribution in [3.05, 3.63) is 92.1 Å². The van der Waals surface area contributed by atoms with Gasteiger partial charge in [0.1, 0.15) is 0 Å². The Morgan fingerprint density at radius 3 is 2.23 bits per heavy atom. The molecule has 2 heterocycles. The van der Waals surface area contributed by atoms with Crippen LogP contribution in [0, 0.1) is 0 Å². The van der Waals surface area contributed by atoms with E-state index in [4.69, 9.17) is 0 Å². The maximum absolute atomic E-state index is 13.0. The molecule has 10 heteroatoms. The van der Waals surface area contributed by atoms with Crippen LogP contribution in [0.1, 0.15) is 29.5 Å². The summed E-state index contributed by atoms with van der Waals surface area (Å²) in [5.74, 6) is 0.387. The van der Waals surface area contributed by atoms with Crippen LogP contribution in [0.5, 0.6) is 0 Å². The number of rotatable bonds is 8. The van der Waals surface area contributed by atoms with Crippen molar-refractivity contribution in [2.24, 2.45) is 14.1 Å². The van der Waals surface area contributed by atoms with Gasteiger partial charge in [0, 0.05) is 20.6 Å². The number of aryl methyl sites for hydroxylation is 2. The van der Waals surface area contributed by atoms with Crippen molar-refractivity contribution in [2.45, 2.75) is 32.0 Å². The van der Waals surface area contributed by atoms with E-state index in [1.54, 1.807) is 4.57 Å². The molecule has 0 radical (unpaired) electrons. The first-order valence-corrected chi connectivity index (χ1v) is 11.3. The molecule has 7 nitrogen and oxygen atoms in total. The van der Waals surface area contributed by atoms with Crippen molar-refractivity contribution in [1.82, 2.24) is 18.7 Å². The lowest BCUT2D eigenvalue weighted by Gasteiger charge is -2.12. The molecule has 0 amide bonds. The molecule has 184 valence electrons. The van der Waals surface area contributed by atoms with Gasteiger partial charge < -0.3 is 5.32 Å². The highest BCUT2D eigenvalue weighted by Gasteiger charge is 2.30. The lowest BCUT2D eigenvalue weighted by Crippen LogP contribution is -2.37. The zero-order chi connectivity index (χ0) is 25.2. The SMILES string of the molecule is Cn1c(=O)c2c(nc(NCCCCc3ccccc3)n2Cc2ccc(C(F)(F)F)cc2)n(C)c1=O. The second-order valence-corrected chi connectivity index (χ2v) is 8.46. The van der Waals surface area contributed by atoms with E-state index in [9.17, 15) is 22.8 Å². The van der Waals surface area contributed by atoms with Crippen LogP contribution in [-0.4, -0.2) is 25.2 Å². The van der Waals surface area contributed by atoms with Crippen LogP contribution >= 0.6 is 0 Å². The summed E-state index contributed by atoms with van der Waals surface area (Å²) < 4.78 is 42.8. The molecular formula is C25H26F3N5O2. The molecule has 0 bridgehead atoms. The molecule has 4 rings (SSSR count). The van der Waals surface area contributed by atoms with Gasteiger partial charge in [0.25, 0.3) is 5.56 Å². The van der Waals surface area contributed by atoms with Gasteiger partial charge in [-0.05, 0) is 42.5 Å². The van der Waals surface area contributed by atoms with Crippen LogP contribution in [0.25, 0.3) is 11.2 Å². The minimum Gasteiger partial charge on any atom is -0.356 e. The number of unbranched alkanes of at least 4 members (excludes halogenated alkanes) is 1. The van der Waals surface area contributed by atoms with Gasteiger partial charge in [0.15, 0.2) is 11.2 Å². The minimum absolute atomic E-state index is 0.119. The van der Waals surface area contributed by atoms with Gasteiger partial charge in [-0.3, -0.25) is 18.5 Å². The van der Waals surface area contributed by atoms with Gasteiger partial charge in [-0.1, -0.05) is 42.5 Å². The average Bonchev–Trinajstić information content (AvgIpc) is 3.19. The Bertz CT molecular complexity index is 1440. The van der Waals surface area contributed by atoms with E-state index < -0.39 is 23.0 Å². The molecule has 0 saturated carbocycles. The second kappa shape index (κ2) is 9.81. The number of nitrogens with one attached hydrogen (secondary N) is 1. The Balaban J connectivity index is 1.61. The number of aromatic nitrogens is 4. The number of hydrogen-bond donors (Lipinski definition) is 1. The molecule has 2 aromatic heterocycles. The Morgan fingerprint density at radius 2 is 1.57 bits per heavy atom. The quantitative estimate of drug-likeness (QED) is 0.384. The normalized spacial score (nSPS) is 11.8. The standard InChI is InChI=1S/C25H26F3N5O2/c1-31-21-20(22(34)32(2)24(31)35)33(16-18-11-13-19(14-12-18)25(26,27)28)23(30-21)29-15-7-6-10-17-8-4-3-5-9-17/h3-5,8-9,11-14H,6-7,10,15-16H2,1-2H3,(H,29,30). The molecule has 4 aromatic rings. The van der Waals surface area contributed by atoms with Crippen LogP contribution in [0.3, 0.4) is 0 Å². The van der Waals surface area contributed by atoms with Gasteiger partial charge in [0.2, 0.25) is 5.95 Å². The number of alkyl halides is 3. The molecule has 0 atom stereocenters. The van der Waals surface area contributed by atoms with Crippen LogP contribution < -0.4 is 16.6 Å². The van der Waals surface area contributed by atoms with Crippen LogP contribution in [0.2, 0.25) is 0 Å². The van der Waals surface area contributed by atoms with Gasteiger partial charge >= 0.3 is 11.9 Å². The van der Waals surface area contributed by atoms with Gasteiger partial charge in [-0.2, -0.15) is 18.2 Å². The van der Waals surface area contributed by atoms with Crippen LogP contribution in [0.15, 0.2) is 64.2 Å². The largest absolute Gasteiger partial charge is 0.416 e. The molecule has 2 aromatic carbocycles. The third kappa shape index (κ3) is 5.16. The molecule has 35 heavy (non-hydrogen) atoms. The molecule has 0 aliphatic carbocycles. The highest BCUT2D eigenvalue weighted by molar-refractivity contribution is 5.74. The summed E-state index contributed by atoms with van der Waals surface area (Å²) in [5, 5.41) is 3.25. The predicted molar refractivity (Wildman–Crippen MR) is 129 cm³/mol. The average molecular weight is 486 g/mol. The van der Waals surface area contributed by atoms with Crippen molar-refractivity contribution in [1.29, 1.82) is 0 Å². The lowest BCUT2D eigenvalue weighted by molar-refractivity contribution is -0.137. The third-order valence-corrected chi connectivity index (χ3v) is 5.99. The molecule has 0 fully saturated rings. The molecule has 0 aliphatic rings. The molecular weight excluding hydrogens is 459 g/mol. The zero-order valence-electron chi connectivity index (χ0n) is 19.5. The van der Waals surface area contributed by atoms with Crippen molar-refractivity contribution in [3.8, 4) is 0 Å². The first kappa shape index (κ1) is 24.3. The summed E-state index contributed by atoms with van der Waals surface area (Å²) in [5.41, 5.74) is 0.487. The lowest BCUT2D eigenvalue weighted by atomic mass is 10.1. The summed E-state index contributed by atoms with van der Waals surface area (Å²) in [6, 6.07) is 14.9. The van der Waals surface area contributed by atoms with Gasteiger partial charge in [0.05, 0.1) is 12.1 Å². The summed E-state index contributed by atoms with van der Waals surface area (Å²) in [6.07, 6.45) is -1.72. The fourth-order valence-corrected chi connectivity index (χ4v) is 4.02. The van der Waals surface area contributed by atoms with E-state index in [0.29, 0.717) is 18.1 Å². The first-order chi connectivity index (χ1) is 16.7. The Kier molecular flexibility index (Phi) is 6.81. The Hall–Kier alpha value is -3.82. The summed E-state index contributed by atoms with van der Waals surface area (Å²) in [7, 11) is 2.92. The fraction of sp³-hybridized carbons (Fsp3) is 0.320. The molecule has 0 spiro atoms. The van der Waals surface area contributed by atoms with Crippen molar-refractivity contribution >= 4 is 17.1 Å². The first-order valence-electron chi connectivity index (χ1n) is 11.3. The number of anilines is 1. The van der Waals surface area contributed by atoms with E-state index >= 15 is 0 Å². The van der Waals surface area contributed by atoms with E-state index in [1.807, 2.05) is 18.2 Å². The van der Waals surface area contributed by atoms with Crippen molar-refractivity contribution < 1.29 is 13.2 Å². The van der Waals surface area contributed by atoms with Crippen molar-refractivity contribution in [2.75, 3.05) is 11.9 Å². The van der Waals surface area contributed by atoms with Gasteiger partial charge in [-0.25, -0.2) is 4.79 Å². The maximum atomic E-state index is 13.0. The zero-order valence-corrected chi connectivity index (χ0v) is 19.5. The Morgan fingerprint density at radius 1 is 0.886 bits per heavy atom. The predicted octanol–water partition coefficient (Wildman–Crippen LogP) is 3.94. The number of fused-ring (bicyclic) bond motifs is 1. The number of benzene rings is 2. The van der Waals surface area contributed by atoms with E-state index in [-0.39, 0.29) is 17.7 Å². The number of imidazole rings is 1. The number of nitrogens with zero attached hydrogens (tertiary/aromatic N) is 4. The molecule has 0 saturated heterocycles. The summed E-state index contributed by atoms with van der Waals surface area (Å²) >= 11 is 0. The maximum Gasteiger partial charge on any atom is 0.416 e. The summed E-state index contributed by atoms with van der Waals surface area (Å²) in [6.45, 7) is 0.700. The van der Waals surface area contributed by atoms with E-state index in [0.717, 1.165) is 36.0 Å². The Labute approximate surface area is 199 Å². The highest BCUT2D eigenvalue weighted by Crippen LogP contribution is 2.29. The highest BCUT2D eigenvalue weighted by atomic mass is 19.4. The van der Waals surface area contributed by atoms with E-state index in [2.05, 4.69) is 22.4 Å². The minimum atomic E-state index is -4.43. The van der Waals surface area contributed by atoms with Gasteiger partial charge in [-0.15, -0.1) is 0 Å². The fourth-order valence-electron chi connectivity index (χ4n) is 4.02. The van der Waals surface area contributed by atoms with E-state index in [1.165, 1.54) is 36.4 Å². The number of hydrogen-bond acceptors (Lipinski definition) is 4.